The van der Waals surface area contributed by atoms with Gasteiger partial charge < -0.3 is 9.64 Å². The summed E-state index contributed by atoms with van der Waals surface area (Å²) >= 11 is 0. The second-order valence-electron chi connectivity index (χ2n) is 8.02. The largest absolute Gasteiger partial charge is 0.423 e. The second-order valence-corrected chi connectivity index (χ2v) is 8.02. The number of nitrogens with zero attached hydrogens (tertiary/aromatic N) is 2. The number of anilines is 2. The topological polar surface area (TPSA) is 84.0 Å². The smallest absolute Gasteiger partial charge is 0.343 e. The summed E-state index contributed by atoms with van der Waals surface area (Å²) < 4.78 is 5.45. The Balaban J connectivity index is 1.35. The van der Waals surface area contributed by atoms with Crippen LogP contribution in [0.3, 0.4) is 0 Å². The molecule has 0 unspecified atom stereocenters. The van der Waals surface area contributed by atoms with E-state index >= 15 is 0 Å². The molecule has 1 saturated heterocycles. The van der Waals surface area contributed by atoms with Crippen molar-refractivity contribution in [1.82, 2.24) is 0 Å². The van der Waals surface area contributed by atoms with Gasteiger partial charge in [-0.3, -0.25) is 14.4 Å². The summed E-state index contributed by atoms with van der Waals surface area (Å²) in [7, 11) is 0. The van der Waals surface area contributed by atoms with Crippen LogP contribution in [0.2, 0.25) is 0 Å². The fraction of sp³-hybridized carbons (Fsp3) is 0.154. The zero-order valence-electron chi connectivity index (χ0n) is 17.9. The first-order chi connectivity index (χ1) is 15.9. The summed E-state index contributed by atoms with van der Waals surface area (Å²) in [5.74, 6) is -1.14. The molecule has 0 atom stereocenters. The number of esters is 1. The highest BCUT2D eigenvalue weighted by Crippen LogP contribution is 2.31. The zero-order chi connectivity index (χ0) is 23.1. The minimum absolute atomic E-state index is 0.0804. The van der Waals surface area contributed by atoms with E-state index in [2.05, 4.69) is 0 Å². The normalized spacial score (nSPS) is 15.2. The van der Waals surface area contributed by atoms with Crippen LogP contribution in [-0.2, 0) is 4.79 Å². The van der Waals surface area contributed by atoms with Crippen molar-refractivity contribution in [3.63, 3.8) is 0 Å². The molecule has 0 N–H and O–H groups in total. The van der Waals surface area contributed by atoms with Crippen molar-refractivity contribution in [3.8, 4) is 5.75 Å². The molecule has 0 bridgehead atoms. The molecule has 7 nitrogen and oxygen atoms in total. The molecule has 0 aliphatic carbocycles. The lowest BCUT2D eigenvalue weighted by Gasteiger charge is -2.16. The van der Waals surface area contributed by atoms with E-state index in [0.717, 1.165) is 22.6 Å². The van der Waals surface area contributed by atoms with Crippen molar-refractivity contribution in [2.24, 2.45) is 0 Å². The van der Waals surface area contributed by atoms with Gasteiger partial charge in [0.25, 0.3) is 11.8 Å². The van der Waals surface area contributed by atoms with Crippen LogP contribution in [0.5, 0.6) is 5.75 Å². The minimum atomic E-state index is -0.641. The molecule has 0 aromatic heterocycles. The van der Waals surface area contributed by atoms with E-state index < -0.39 is 17.8 Å². The number of hydrogen-bond donors (Lipinski definition) is 0. The average molecular weight is 440 g/mol. The maximum Gasteiger partial charge on any atom is 0.343 e. The number of imide groups is 1. The molecule has 2 heterocycles. The van der Waals surface area contributed by atoms with Gasteiger partial charge in [0, 0.05) is 18.7 Å². The molecule has 0 spiro atoms. The summed E-state index contributed by atoms with van der Waals surface area (Å²) in [6, 6.07) is 18.2. The van der Waals surface area contributed by atoms with Crippen LogP contribution in [0, 0.1) is 6.92 Å². The van der Waals surface area contributed by atoms with Crippen LogP contribution < -0.4 is 14.5 Å². The van der Waals surface area contributed by atoms with Gasteiger partial charge >= 0.3 is 5.97 Å². The summed E-state index contributed by atoms with van der Waals surface area (Å²) in [6.07, 6.45) is 1.37. The maximum absolute atomic E-state index is 13.0. The average Bonchev–Trinajstić information content (AvgIpc) is 3.35. The Morgan fingerprint density at radius 2 is 1.61 bits per heavy atom. The molecule has 0 saturated carbocycles. The molecular formula is C26H20N2O5. The van der Waals surface area contributed by atoms with E-state index in [4.69, 9.17) is 4.74 Å². The monoisotopic (exact) mass is 440 g/mol. The van der Waals surface area contributed by atoms with Crippen LogP contribution in [0.4, 0.5) is 11.4 Å². The van der Waals surface area contributed by atoms with Gasteiger partial charge in [0.1, 0.15) is 5.75 Å². The third-order valence-corrected chi connectivity index (χ3v) is 5.91. The summed E-state index contributed by atoms with van der Waals surface area (Å²) in [5.41, 5.74) is 2.66. The van der Waals surface area contributed by atoms with Crippen molar-refractivity contribution in [1.29, 1.82) is 0 Å². The van der Waals surface area contributed by atoms with Crippen molar-refractivity contribution < 1.29 is 23.9 Å². The van der Waals surface area contributed by atoms with Crippen molar-refractivity contribution >= 4 is 35.1 Å². The molecular weight excluding hydrogens is 420 g/mol. The van der Waals surface area contributed by atoms with Crippen molar-refractivity contribution in [3.05, 3.63) is 89.0 Å². The van der Waals surface area contributed by atoms with Gasteiger partial charge in [-0.05, 0) is 67.4 Å². The Kier molecular flexibility index (Phi) is 5.01. The standard InChI is InChI=1S/C26H20N2O5/c1-16-5-2-3-6-22(16)28-24(30)20-13-8-17(15-21(20)25(28)31)26(32)33-19-11-9-18(10-12-19)27-14-4-7-23(27)29/h2-3,5-6,8-13,15H,4,7,14H2,1H3. The number of para-hydroxylation sites is 1. The molecule has 3 aromatic carbocycles. The number of rotatable bonds is 4. The van der Waals surface area contributed by atoms with Crippen molar-refractivity contribution in [2.45, 2.75) is 19.8 Å². The van der Waals surface area contributed by atoms with Gasteiger partial charge in [0.2, 0.25) is 5.91 Å². The quantitative estimate of drug-likeness (QED) is 0.346. The lowest BCUT2D eigenvalue weighted by atomic mass is 10.1. The molecule has 1 fully saturated rings. The number of hydrogen-bond acceptors (Lipinski definition) is 5. The summed E-state index contributed by atoms with van der Waals surface area (Å²) in [5, 5.41) is 0. The molecule has 3 amide bonds. The van der Waals surface area contributed by atoms with Crippen LogP contribution in [0.25, 0.3) is 0 Å². The van der Waals surface area contributed by atoms with Crippen molar-refractivity contribution in [2.75, 3.05) is 16.3 Å². The molecule has 5 rings (SSSR count). The molecule has 2 aliphatic heterocycles. The zero-order valence-corrected chi connectivity index (χ0v) is 17.9. The predicted octanol–water partition coefficient (Wildman–Crippen LogP) is 4.14. The molecule has 33 heavy (non-hydrogen) atoms. The van der Waals surface area contributed by atoms with Crippen LogP contribution in [0.15, 0.2) is 66.7 Å². The lowest BCUT2D eigenvalue weighted by molar-refractivity contribution is -0.117. The van der Waals surface area contributed by atoms with Gasteiger partial charge in [-0.25, -0.2) is 9.69 Å². The van der Waals surface area contributed by atoms with Gasteiger partial charge in [-0.15, -0.1) is 0 Å². The highest BCUT2D eigenvalue weighted by molar-refractivity contribution is 6.35. The number of benzene rings is 3. The number of ether oxygens (including phenoxy) is 1. The Labute approximate surface area is 190 Å². The van der Waals surface area contributed by atoms with Crippen LogP contribution in [0.1, 0.15) is 49.5 Å². The SMILES string of the molecule is Cc1ccccc1N1C(=O)c2ccc(C(=O)Oc3ccc(N4CCCC4=O)cc3)cc2C1=O. The minimum Gasteiger partial charge on any atom is -0.423 e. The molecule has 3 aromatic rings. The van der Waals surface area contributed by atoms with E-state index in [0.29, 0.717) is 24.4 Å². The maximum atomic E-state index is 13.0. The van der Waals surface area contributed by atoms with Gasteiger partial charge in [-0.1, -0.05) is 18.2 Å². The van der Waals surface area contributed by atoms with E-state index in [1.54, 1.807) is 41.3 Å². The van der Waals surface area contributed by atoms with Crippen LogP contribution in [-0.4, -0.2) is 30.2 Å². The van der Waals surface area contributed by atoms with E-state index in [-0.39, 0.29) is 22.6 Å². The number of carbonyl (C=O) groups excluding carboxylic acids is 4. The first-order valence-electron chi connectivity index (χ1n) is 10.6. The van der Waals surface area contributed by atoms with E-state index in [9.17, 15) is 19.2 Å². The highest BCUT2D eigenvalue weighted by Gasteiger charge is 2.37. The fourth-order valence-electron chi connectivity index (χ4n) is 4.18. The predicted molar refractivity (Wildman–Crippen MR) is 122 cm³/mol. The molecule has 0 radical (unpaired) electrons. The second kappa shape index (κ2) is 8.02. The number of fused-ring (bicyclic) bond motifs is 1. The fourth-order valence-corrected chi connectivity index (χ4v) is 4.18. The van der Waals surface area contributed by atoms with E-state index in [1.165, 1.54) is 18.2 Å². The summed E-state index contributed by atoms with van der Waals surface area (Å²) in [4.78, 5) is 53.3. The number of amides is 3. The molecule has 7 heteroatoms. The Hall–Kier alpha value is -4.26. The molecule has 2 aliphatic rings. The first-order valence-corrected chi connectivity index (χ1v) is 10.6. The van der Waals surface area contributed by atoms with E-state index in [1.807, 2.05) is 19.1 Å². The van der Waals surface area contributed by atoms with Gasteiger partial charge in [0.15, 0.2) is 0 Å². The van der Waals surface area contributed by atoms with Crippen LogP contribution >= 0.6 is 0 Å². The lowest BCUT2D eigenvalue weighted by Crippen LogP contribution is -2.29. The summed E-state index contributed by atoms with van der Waals surface area (Å²) in [6.45, 7) is 2.51. The Morgan fingerprint density at radius 1 is 0.879 bits per heavy atom. The molecule has 164 valence electrons. The number of aryl methyl sites for hydroxylation is 1. The van der Waals surface area contributed by atoms with Gasteiger partial charge in [-0.2, -0.15) is 0 Å². The number of carbonyl (C=O) groups is 4. The third-order valence-electron chi connectivity index (χ3n) is 5.91. The Morgan fingerprint density at radius 3 is 2.30 bits per heavy atom. The highest BCUT2D eigenvalue weighted by atomic mass is 16.5. The first kappa shape index (κ1) is 20.6. The Bertz CT molecular complexity index is 1310. The van der Waals surface area contributed by atoms with Gasteiger partial charge in [0.05, 0.1) is 22.4 Å². The third kappa shape index (κ3) is 3.57.